The number of likely N-dealkylation sites (N-methyl/N-ethyl adjacent to an activating group) is 3. The van der Waals surface area contributed by atoms with Gasteiger partial charge in [0.25, 0.3) is 0 Å². The number of H-pyrrole nitrogens is 2. The predicted molar refractivity (Wildman–Crippen MR) is 200 cm³/mol. The first-order chi connectivity index (χ1) is 24.3. The Morgan fingerprint density at radius 2 is 1.88 bits per heavy atom. The third-order valence-electron chi connectivity index (χ3n) is 11.9. The van der Waals surface area contributed by atoms with Crippen molar-refractivity contribution in [3.05, 3.63) is 58.2 Å². The number of carbonyl (C=O) groups is 4. The van der Waals surface area contributed by atoms with Gasteiger partial charge in [0.2, 0.25) is 11.7 Å². The number of piperidine rings is 1. The van der Waals surface area contributed by atoms with E-state index >= 15 is 0 Å². The Kier molecular flexibility index (Phi) is 9.69. The summed E-state index contributed by atoms with van der Waals surface area (Å²) in [5.74, 6) is 1.36. The zero-order valence-corrected chi connectivity index (χ0v) is 31.8. The molecule has 2 saturated carbocycles. The monoisotopic (exact) mass is 718 g/mol. The van der Waals surface area contributed by atoms with Crippen molar-refractivity contribution in [2.24, 2.45) is 16.7 Å². The van der Waals surface area contributed by atoms with Crippen molar-refractivity contribution < 1.29 is 23.9 Å². The van der Waals surface area contributed by atoms with Crippen molar-refractivity contribution in [2.45, 2.75) is 65.2 Å². The number of aromatic amines is 2. The van der Waals surface area contributed by atoms with Gasteiger partial charge in [0.15, 0.2) is 5.75 Å². The number of hydrogen-bond acceptors (Lipinski definition) is 7. The zero-order valence-electron chi connectivity index (χ0n) is 31.1. The first kappa shape index (κ1) is 36.7. The molecular formula is C39H51ClN6O5. The third kappa shape index (κ3) is 5.77. The van der Waals surface area contributed by atoms with E-state index in [1.807, 2.05) is 57.3 Å². The summed E-state index contributed by atoms with van der Waals surface area (Å²) in [5.41, 5.74) is 7.61. The first-order valence-corrected chi connectivity index (χ1v) is 18.6. The maximum atomic E-state index is 13.7. The van der Waals surface area contributed by atoms with E-state index in [2.05, 4.69) is 45.8 Å². The number of fused-ring (bicyclic) bond motifs is 4. The number of aldehydes is 1. The minimum Gasteiger partial charge on any atom is -0.408 e. The number of aromatic nitrogens is 2. The second kappa shape index (κ2) is 13.5. The summed E-state index contributed by atoms with van der Waals surface area (Å²) >= 11 is 4.64. The van der Waals surface area contributed by atoms with Crippen molar-refractivity contribution >= 4 is 52.3 Å². The minimum absolute atomic E-state index is 0.0685. The van der Waals surface area contributed by atoms with Crippen molar-refractivity contribution in [1.82, 2.24) is 25.1 Å². The van der Waals surface area contributed by atoms with Crippen LogP contribution in [0.15, 0.2) is 30.2 Å². The number of carbonyl (C=O) groups excluding carboxylic acids is 4. The second-order valence-electron chi connectivity index (χ2n) is 15.3. The lowest BCUT2D eigenvalue weighted by Crippen LogP contribution is -2.55. The fourth-order valence-corrected chi connectivity index (χ4v) is 9.40. The Morgan fingerprint density at radius 3 is 2.55 bits per heavy atom. The van der Waals surface area contributed by atoms with Crippen LogP contribution in [0, 0.1) is 30.6 Å². The van der Waals surface area contributed by atoms with E-state index < -0.39 is 16.9 Å². The summed E-state index contributed by atoms with van der Waals surface area (Å²) in [6, 6.07) is 1.82. The van der Waals surface area contributed by atoms with Crippen molar-refractivity contribution in [1.29, 1.82) is 0 Å². The van der Waals surface area contributed by atoms with Gasteiger partial charge >= 0.3 is 6.09 Å². The van der Waals surface area contributed by atoms with Crippen molar-refractivity contribution in [3.63, 3.8) is 0 Å². The number of halogens is 1. The number of amides is 2. The standard InChI is InChI=1S/C25H34N4O4.C13H14N2O.CH3Cl/c1-6-25(13-24(3,14-25)15-30)22(31)29-9-7-17-18(29)11-19(21-20(17)16(2)12-27-21)33-23(32)28(5)10-8-26-4;1-7-5-14-12-9(16)3-10-13(11(7)12)4-8(13)6-15(10)2;1-2/h11-12,15,26-27H,6-10,13-14H2,1-5H3;3,5,8,14H,4,6H2,1-2H3;1H3. The van der Waals surface area contributed by atoms with Crippen LogP contribution in [0.4, 0.5) is 10.5 Å². The number of aryl methyl sites for hydroxylation is 2. The molecule has 51 heavy (non-hydrogen) atoms. The molecule has 274 valence electrons. The van der Waals surface area contributed by atoms with E-state index in [1.165, 1.54) is 34.5 Å². The summed E-state index contributed by atoms with van der Waals surface area (Å²) in [4.78, 5) is 62.0. The highest BCUT2D eigenvalue weighted by Gasteiger charge is 2.66. The number of nitrogens with one attached hydrogen (secondary N) is 3. The molecule has 1 aromatic carbocycles. The van der Waals surface area contributed by atoms with Crippen LogP contribution in [0.3, 0.4) is 0 Å². The molecule has 3 fully saturated rings. The number of rotatable bonds is 7. The van der Waals surface area contributed by atoms with Gasteiger partial charge in [0.1, 0.15) is 6.29 Å². The van der Waals surface area contributed by atoms with E-state index in [0.29, 0.717) is 44.6 Å². The highest BCUT2D eigenvalue weighted by Crippen LogP contribution is 2.66. The molecule has 1 spiro atoms. The molecule has 3 aliphatic carbocycles. The lowest BCUT2D eigenvalue weighted by molar-refractivity contribution is -0.147. The molecular weight excluding hydrogens is 668 g/mol. The lowest BCUT2D eigenvalue weighted by atomic mass is 9.52. The fraction of sp³-hybridized carbons (Fsp3) is 0.538. The fourth-order valence-electron chi connectivity index (χ4n) is 9.40. The molecule has 2 amide bonds. The van der Waals surface area contributed by atoms with Gasteiger partial charge in [-0.25, -0.2) is 4.79 Å². The van der Waals surface area contributed by atoms with Crippen LogP contribution in [0.2, 0.25) is 0 Å². The minimum atomic E-state index is -0.510. The SMILES string of the molecule is CCC1(C(=O)N2CCc3c2cc(OC(=O)N(C)CCNC)c2[nH]cc(C)c32)CC(C)(C=O)C1.CCl.Cc1c[nH]c2c1C13CC1CN(C)C3=CC2=O. The van der Waals surface area contributed by atoms with Gasteiger partial charge in [-0.2, -0.15) is 0 Å². The zero-order chi connectivity index (χ0) is 37.0. The number of likely N-dealkylation sites (tertiary alicyclic amines) is 1. The van der Waals surface area contributed by atoms with Gasteiger partial charge in [-0.15, -0.1) is 11.6 Å². The summed E-state index contributed by atoms with van der Waals surface area (Å²) in [7, 11) is 5.63. The third-order valence-corrected chi connectivity index (χ3v) is 11.9. The normalized spacial score (nSPS) is 26.3. The number of anilines is 1. The number of ketones is 1. The molecule has 2 unspecified atom stereocenters. The van der Waals surface area contributed by atoms with Gasteiger partial charge < -0.3 is 39.5 Å². The summed E-state index contributed by atoms with van der Waals surface area (Å²) in [6.45, 7) is 10.9. The van der Waals surface area contributed by atoms with Gasteiger partial charge in [0, 0.05) is 93.1 Å². The van der Waals surface area contributed by atoms with Gasteiger partial charge in [-0.1, -0.05) is 13.8 Å². The molecule has 3 N–H and O–H groups in total. The van der Waals surface area contributed by atoms with Crippen LogP contribution in [-0.4, -0.2) is 97.5 Å². The van der Waals surface area contributed by atoms with Crippen LogP contribution in [0.25, 0.3) is 10.9 Å². The van der Waals surface area contributed by atoms with Crippen molar-refractivity contribution in [3.8, 4) is 5.75 Å². The maximum Gasteiger partial charge on any atom is 0.415 e. The quantitative estimate of drug-likeness (QED) is 0.206. The highest BCUT2D eigenvalue weighted by atomic mass is 35.5. The molecule has 2 aromatic heterocycles. The van der Waals surface area contributed by atoms with Gasteiger partial charge in [-0.3, -0.25) is 9.59 Å². The molecule has 12 heteroatoms. The van der Waals surface area contributed by atoms with E-state index in [9.17, 15) is 19.2 Å². The Balaban J connectivity index is 0.000000205. The highest BCUT2D eigenvalue weighted by molar-refractivity contribution is 6.15. The summed E-state index contributed by atoms with van der Waals surface area (Å²) < 4.78 is 5.80. The number of hydrogen-bond donors (Lipinski definition) is 3. The number of allylic oxidation sites excluding steroid dienone is 2. The smallest absolute Gasteiger partial charge is 0.408 e. The Bertz CT molecular complexity index is 1920. The molecule has 2 atom stereocenters. The maximum absolute atomic E-state index is 13.7. The molecule has 0 radical (unpaired) electrons. The molecule has 4 heterocycles. The summed E-state index contributed by atoms with van der Waals surface area (Å²) in [5, 5.41) is 4.04. The van der Waals surface area contributed by atoms with E-state index in [-0.39, 0.29) is 17.1 Å². The van der Waals surface area contributed by atoms with Crippen LogP contribution in [-0.2, 0) is 21.4 Å². The molecule has 1 saturated heterocycles. The van der Waals surface area contributed by atoms with Crippen LogP contribution >= 0.6 is 11.6 Å². The first-order valence-electron chi connectivity index (χ1n) is 17.9. The number of ether oxygens (including phenoxy) is 1. The average Bonchev–Trinajstić information content (AvgIpc) is 3.51. The van der Waals surface area contributed by atoms with Crippen molar-refractivity contribution in [2.75, 3.05) is 58.6 Å². The Morgan fingerprint density at radius 1 is 1.18 bits per heavy atom. The second-order valence-corrected chi connectivity index (χ2v) is 15.3. The molecule has 3 aromatic rings. The molecule has 0 bridgehead atoms. The topological polar surface area (TPSA) is 131 Å². The van der Waals surface area contributed by atoms with E-state index in [1.54, 1.807) is 7.05 Å². The number of nitrogens with zero attached hydrogens (tertiary/aromatic N) is 3. The Hall–Kier alpha value is -4.09. The van der Waals surface area contributed by atoms with Crippen LogP contribution in [0.5, 0.6) is 5.75 Å². The Labute approximate surface area is 305 Å². The summed E-state index contributed by atoms with van der Waals surface area (Å²) in [6.07, 6.45) is 11.6. The van der Waals surface area contributed by atoms with Crippen LogP contribution in [0.1, 0.15) is 72.3 Å². The van der Waals surface area contributed by atoms with Gasteiger partial charge in [0.05, 0.1) is 22.3 Å². The lowest BCUT2D eigenvalue weighted by Gasteiger charge is -2.51. The number of alkyl halides is 1. The molecule has 8 rings (SSSR count). The molecule has 11 nitrogen and oxygen atoms in total. The van der Waals surface area contributed by atoms with E-state index in [4.69, 9.17) is 4.74 Å². The number of benzene rings is 1. The average molecular weight is 719 g/mol. The molecule has 5 aliphatic rings. The van der Waals surface area contributed by atoms with Crippen LogP contribution < -0.4 is 15.0 Å². The molecule has 2 aliphatic heterocycles. The predicted octanol–water partition coefficient (Wildman–Crippen LogP) is 5.87. The van der Waals surface area contributed by atoms with Gasteiger partial charge in [-0.05, 0) is 81.2 Å². The van der Waals surface area contributed by atoms with E-state index in [0.717, 1.165) is 58.6 Å². The largest absolute Gasteiger partial charge is 0.415 e.